The van der Waals surface area contributed by atoms with E-state index in [1.54, 1.807) is 0 Å². The van der Waals surface area contributed by atoms with Gasteiger partial charge in [-0.05, 0) is 18.4 Å². The predicted molar refractivity (Wildman–Crippen MR) is 79.3 cm³/mol. The molecule has 1 aromatic carbocycles. The van der Waals surface area contributed by atoms with Crippen LogP contribution >= 0.6 is 0 Å². The van der Waals surface area contributed by atoms with Gasteiger partial charge in [0.1, 0.15) is 0 Å². The van der Waals surface area contributed by atoms with E-state index in [2.05, 4.69) is 22.4 Å². The van der Waals surface area contributed by atoms with Crippen molar-refractivity contribution in [2.24, 2.45) is 5.73 Å². The third-order valence-electron chi connectivity index (χ3n) is 3.04. The molecule has 0 unspecified atom stereocenters. The lowest BCUT2D eigenvalue weighted by molar-refractivity contribution is -0.117. The average Bonchev–Trinajstić information content (AvgIpc) is 2.87. The molecule has 1 atom stereocenters. The second-order valence-corrected chi connectivity index (χ2v) is 4.81. The Morgan fingerprint density at radius 2 is 2.15 bits per heavy atom. The fourth-order valence-electron chi connectivity index (χ4n) is 2.00. The van der Waals surface area contributed by atoms with Gasteiger partial charge >= 0.3 is 0 Å². The van der Waals surface area contributed by atoms with Gasteiger partial charge in [0.05, 0.1) is 6.04 Å². The smallest absolute Gasteiger partial charge is 0.242 e. The van der Waals surface area contributed by atoms with Crippen LogP contribution in [-0.2, 0) is 17.6 Å². The number of aryl methyl sites for hydroxylation is 1. The fraction of sp³-hybridized carbons (Fsp3) is 0.333. The van der Waals surface area contributed by atoms with E-state index >= 15 is 0 Å². The van der Waals surface area contributed by atoms with Gasteiger partial charge in [-0.15, -0.1) is 0 Å². The van der Waals surface area contributed by atoms with Gasteiger partial charge in [0.25, 0.3) is 0 Å². The molecule has 0 fully saturated rings. The first-order valence-electron chi connectivity index (χ1n) is 6.83. The predicted octanol–water partition coefficient (Wildman–Crippen LogP) is 1.87. The van der Waals surface area contributed by atoms with Crippen LogP contribution in [0, 0.1) is 0 Å². The number of aromatic nitrogens is 2. The van der Waals surface area contributed by atoms with Crippen LogP contribution in [0.3, 0.4) is 0 Å². The third-order valence-corrected chi connectivity index (χ3v) is 3.04. The molecule has 1 amide bonds. The third kappa shape index (κ3) is 3.93. The van der Waals surface area contributed by atoms with E-state index in [4.69, 9.17) is 5.73 Å². The molecule has 0 aliphatic carbocycles. The highest BCUT2D eigenvalue weighted by molar-refractivity contribution is 5.94. The number of H-pyrrole nitrogens is 1. The fourth-order valence-corrected chi connectivity index (χ4v) is 2.00. The van der Waals surface area contributed by atoms with Gasteiger partial charge in [0.15, 0.2) is 5.82 Å². The number of rotatable bonds is 6. The van der Waals surface area contributed by atoms with E-state index in [9.17, 15) is 4.79 Å². The van der Waals surface area contributed by atoms with Crippen molar-refractivity contribution >= 4 is 11.7 Å². The van der Waals surface area contributed by atoms with Gasteiger partial charge in [-0.3, -0.25) is 9.89 Å². The number of nitrogens with two attached hydrogens (primary N) is 1. The van der Waals surface area contributed by atoms with Crippen molar-refractivity contribution in [2.45, 2.75) is 32.2 Å². The van der Waals surface area contributed by atoms with Crippen LogP contribution in [0.25, 0.3) is 0 Å². The SMILES string of the molecule is CCCc1cc(NC(=O)[C@H](N)Cc2ccccc2)n[nH]1. The van der Waals surface area contributed by atoms with E-state index in [0.29, 0.717) is 12.2 Å². The lowest BCUT2D eigenvalue weighted by Gasteiger charge is -2.10. The second kappa shape index (κ2) is 6.86. The van der Waals surface area contributed by atoms with Crippen molar-refractivity contribution in [1.82, 2.24) is 10.2 Å². The van der Waals surface area contributed by atoms with Gasteiger partial charge in [-0.1, -0.05) is 43.7 Å². The van der Waals surface area contributed by atoms with Crippen LogP contribution < -0.4 is 11.1 Å². The van der Waals surface area contributed by atoms with Crippen molar-refractivity contribution in [3.05, 3.63) is 47.7 Å². The highest BCUT2D eigenvalue weighted by atomic mass is 16.2. The number of hydrogen-bond donors (Lipinski definition) is 3. The lowest BCUT2D eigenvalue weighted by Crippen LogP contribution is -2.37. The molecule has 20 heavy (non-hydrogen) atoms. The molecule has 0 aliphatic heterocycles. The molecule has 1 aromatic heterocycles. The quantitative estimate of drug-likeness (QED) is 0.750. The molecule has 4 N–H and O–H groups in total. The first-order chi connectivity index (χ1) is 9.69. The number of amides is 1. The molecule has 0 radical (unpaired) electrons. The van der Waals surface area contributed by atoms with Gasteiger partial charge in [-0.25, -0.2) is 0 Å². The Kier molecular flexibility index (Phi) is 4.90. The Bertz CT molecular complexity index is 550. The Morgan fingerprint density at radius 3 is 2.85 bits per heavy atom. The number of hydrogen-bond acceptors (Lipinski definition) is 3. The summed E-state index contributed by atoms with van der Waals surface area (Å²) in [6.07, 6.45) is 2.46. The van der Waals surface area contributed by atoms with Crippen LogP contribution in [-0.4, -0.2) is 22.1 Å². The summed E-state index contributed by atoms with van der Waals surface area (Å²) in [5, 5.41) is 9.68. The van der Waals surface area contributed by atoms with Gasteiger partial charge in [-0.2, -0.15) is 5.10 Å². The zero-order valence-corrected chi connectivity index (χ0v) is 11.6. The number of carbonyl (C=O) groups excluding carboxylic acids is 1. The van der Waals surface area contributed by atoms with Crippen LogP contribution in [0.5, 0.6) is 0 Å². The summed E-state index contributed by atoms with van der Waals surface area (Å²) >= 11 is 0. The maximum atomic E-state index is 12.0. The normalized spacial score (nSPS) is 12.1. The van der Waals surface area contributed by atoms with Crippen molar-refractivity contribution in [1.29, 1.82) is 0 Å². The minimum atomic E-state index is -0.580. The summed E-state index contributed by atoms with van der Waals surface area (Å²) in [6, 6.07) is 11.0. The molecular weight excluding hydrogens is 252 g/mol. The Labute approximate surface area is 118 Å². The molecular formula is C15H20N4O. The molecule has 0 spiro atoms. The summed E-state index contributed by atoms with van der Waals surface area (Å²) in [7, 11) is 0. The molecule has 106 valence electrons. The van der Waals surface area contributed by atoms with Crippen LogP contribution in [0.2, 0.25) is 0 Å². The second-order valence-electron chi connectivity index (χ2n) is 4.81. The Hall–Kier alpha value is -2.14. The molecule has 0 aliphatic rings. The minimum absolute atomic E-state index is 0.219. The van der Waals surface area contributed by atoms with Crippen LogP contribution in [0.1, 0.15) is 24.6 Å². The first kappa shape index (κ1) is 14.3. The average molecular weight is 272 g/mol. The largest absolute Gasteiger partial charge is 0.320 e. The maximum absolute atomic E-state index is 12.0. The van der Waals surface area contributed by atoms with Gasteiger partial charge < -0.3 is 11.1 Å². The Balaban J connectivity index is 1.90. The van der Waals surface area contributed by atoms with Gasteiger partial charge in [0, 0.05) is 11.8 Å². The lowest BCUT2D eigenvalue weighted by atomic mass is 10.1. The monoisotopic (exact) mass is 272 g/mol. The number of nitrogens with zero attached hydrogens (tertiary/aromatic N) is 1. The van der Waals surface area contributed by atoms with Crippen molar-refractivity contribution < 1.29 is 4.79 Å². The molecule has 5 heteroatoms. The minimum Gasteiger partial charge on any atom is -0.320 e. The van der Waals surface area contributed by atoms with E-state index in [1.165, 1.54) is 0 Å². The summed E-state index contributed by atoms with van der Waals surface area (Å²) in [5.74, 6) is 0.311. The van der Waals surface area contributed by atoms with Crippen molar-refractivity contribution in [2.75, 3.05) is 5.32 Å². The molecule has 0 saturated carbocycles. The van der Waals surface area contributed by atoms with Crippen LogP contribution in [0.15, 0.2) is 36.4 Å². The summed E-state index contributed by atoms with van der Waals surface area (Å²) < 4.78 is 0. The highest BCUT2D eigenvalue weighted by Crippen LogP contribution is 2.08. The standard InChI is InChI=1S/C15H20N4O/c1-2-6-12-10-14(19-18-12)17-15(20)13(16)9-11-7-4-3-5-8-11/h3-5,7-8,10,13H,2,6,9,16H2,1H3,(H2,17,18,19,20)/t13-/m1/s1. The van der Waals surface area contributed by atoms with E-state index in [0.717, 1.165) is 24.1 Å². The van der Waals surface area contributed by atoms with E-state index in [1.807, 2.05) is 36.4 Å². The van der Waals surface area contributed by atoms with Crippen molar-refractivity contribution in [3.63, 3.8) is 0 Å². The number of aromatic amines is 1. The zero-order valence-electron chi connectivity index (χ0n) is 11.6. The molecule has 5 nitrogen and oxygen atoms in total. The molecule has 1 heterocycles. The number of carbonyl (C=O) groups is 1. The molecule has 2 rings (SSSR count). The number of anilines is 1. The first-order valence-corrected chi connectivity index (χ1v) is 6.83. The molecule has 2 aromatic rings. The summed E-state index contributed by atoms with van der Waals surface area (Å²) in [4.78, 5) is 12.0. The highest BCUT2D eigenvalue weighted by Gasteiger charge is 2.15. The zero-order chi connectivity index (χ0) is 14.4. The summed E-state index contributed by atoms with van der Waals surface area (Å²) in [5.41, 5.74) is 7.97. The van der Waals surface area contributed by atoms with E-state index < -0.39 is 6.04 Å². The van der Waals surface area contributed by atoms with Gasteiger partial charge in [0.2, 0.25) is 5.91 Å². The Morgan fingerprint density at radius 1 is 1.40 bits per heavy atom. The summed E-state index contributed by atoms with van der Waals surface area (Å²) in [6.45, 7) is 2.09. The number of benzene rings is 1. The number of nitrogens with one attached hydrogen (secondary N) is 2. The van der Waals surface area contributed by atoms with E-state index in [-0.39, 0.29) is 5.91 Å². The van der Waals surface area contributed by atoms with Crippen molar-refractivity contribution in [3.8, 4) is 0 Å². The molecule has 0 saturated heterocycles. The maximum Gasteiger partial charge on any atom is 0.242 e. The topological polar surface area (TPSA) is 83.8 Å². The van der Waals surface area contributed by atoms with Crippen LogP contribution in [0.4, 0.5) is 5.82 Å². The molecule has 0 bridgehead atoms.